The van der Waals surface area contributed by atoms with Gasteiger partial charge in [0.25, 0.3) is 11.5 Å². The topological polar surface area (TPSA) is 73.2 Å². The molecular formula is C19H27N3O3. The Morgan fingerprint density at radius 3 is 2.80 bits per heavy atom. The molecule has 1 aromatic carbocycles. The third kappa shape index (κ3) is 4.89. The Bertz CT molecular complexity index is 796. The molecule has 1 amide bonds. The van der Waals surface area contributed by atoms with E-state index in [1.54, 1.807) is 29.7 Å². The highest BCUT2D eigenvalue weighted by atomic mass is 16.5. The van der Waals surface area contributed by atoms with Crippen molar-refractivity contribution in [3.05, 3.63) is 39.8 Å². The van der Waals surface area contributed by atoms with Crippen LogP contribution in [0.5, 0.6) is 0 Å². The predicted octanol–water partition coefficient (Wildman–Crippen LogP) is 2.52. The fraction of sp³-hybridized carbons (Fsp3) is 0.526. The third-order valence-corrected chi connectivity index (χ3v) is 3.89. The minimum Gasteiger partial charge on any atom is -0.381 e. The molecule has 25 heavy (non-hydrogen) atoms. The molecule has 0 unspecified atom stereocenters. The second-order valence-corrected chi connectivity index (χ2v) is 6.53. The molecule has 0 spiro atoms. The molecule has 6 heteroatoms. The summed E-state index contributed by atoms with van der Waals surface area (Å²) in [4.78, 5) is 28.7. The summed E-state index contributed by atoms with van der Waals surface area (Å²) in [5.41, 5.74) is 2.30. The van der Waals surface area contributed by atoms with Crippen LogP contribution in [0.2, 0.25) is 0 Å². The van der Waals surface area contributed by atoms with Gasteiger partial charge in [-0.2, -0.15) is 0 Å². The van der Waals surface area contributed by atoms with Gasteiger partial charge in [-0.05, 0) is 44.4 Å². The SMILES string of the molecule is CCn1c(=O)c(C)nc2cc(C(=O)NCCCOCC(C)C)ccc21. The van der Waals surface area contributed by atoms with Crippen LogP contribution in [0, 0.1) is 12.8 Å². The fourth-order valence-corrected chi connectivity index (χ4v) is 2.63. The van der Waals surface area contributed by atoms with E-state index < -0.39 is 0 Å². The fourth-order valence-electron chi connectivity index (χ4n) is 2.63. The first-order chi connectivity index (χ1) is 11.9. The van der Waals surface area contributed by atoms with Gasteiger partial charge in [-0.25, -0.2) is 4.98 Å². The van der Waals surface area contributed by atoms with E-state index in [0.717, 1.165) is 18.5 Å². The van der Waals surface area contributed by atoms with E-state index in [2.05, 4.69) is 24.1 Å². The van der Waals surface area contributed by atoms with Crippen molar-refractivity contribution in [2.24, 2.45) is 5.92 Å². The lowest BCUT2D eigenvalue weighted by molar-refractivity contribution is 0.0925. The number of aryl methyl sites for hydroxylation is 2. The van der Waals surface area contributed by atoms with E-state index >= 15 is 0 Å². The zero-order valence-electron chi connectivity index (χ0n) is 15.5. The van der Waals surface area contributed by atoms with Gasteiger partial charge in [0.1, 0.15) is 5.69 Å². The van der Waals surface area contributed by atoms with Gasteiger partial charge in [-0.15, -0.1) is 0 Å². The van der Waals surface area contributed by atoms with Crippen LogP contribution in [0.15, 0.2) is 23.0 Å². The second-order valence-electron chi connectivity index (χ2n) is 6.53. The van der Waals surface area contributed by atoms with Crippen LogP contribution in [-0.4, -0.2) is 35.2 Å². The minimum absolute atomic E-state index is 0.0893. The molecule has 0 atom stereocenters. The Balaban J connectivity index is 2.02. The van der Waals surface area contributed by atoms with Crippen LogP contribution in [0.25, 0.3) is 11.0 Å². The average Bonchev–Trinajstić information content (AvgIpc) is 2.58. The molecule has 0 aliphatic carbocycles. The van der Waals surface area contributed by atoms with E-state index in [1.807, 2.05) is 6.92 Å². The lowest BCUT2D eigenvalue weighted by Gasteiger charge is -2.11. The minimum atomic E-state index is -0.139. The van der Waals surface area contributed by atoms with E-state index in [-0.39, 0.29) is 11.5 Å². The number of carbonyl (C=O) groups excluding carboxylic acids is 1. The van der Waals surface area contributed by atoms with Crippen molar-refractivity contribution >= 4 is 16.9 Å². The number of fused-ring (bicyclic) bond motifs is 1. The Labute approximate surface area is 148 Å². The number of benzene rings is 1. The summed E-state index contributed by atoms with van der Waals surface area (Å²) < 4.78 is 7.17. The first-order valence-corrected chi connectivity index (χ1v) is 8.81. The number of rotatable bonds is 8. The zero-order valence-corrected chi connectivity index (χ0v) is 15.5. The molecule has 0 saturated heterocycles. The van der Waals surface area contributed by atoms with E-state index in [0.29, 0.717) is 42.4 Å². The lowest BCUT2D eigenvalue weighted by Crippen LogP contribution is -2.26. The highest BCUT2D eigenvalue weighted by Crippen LogP contribution is 2.13. The Morgan fingerprint density at radius 2 is 2.12 bits per heavy atom. The monoisotopic (exact) mass is 345 g/mol. The van der Waals surface area contributed by atoms with Crippen molar-refractivity contribution in [2.75, 3.05) is 19.8 Å². The average molecular weight is 345 g/mol. The van der Waals surface area contributed by atoms with Crippen LogP contribution in [0.3, 0.4) is 0 Å². The van der Waals surface area contributed by atoms with Crippen molar-refractivity contribution in [2.45, 2.75) is 40.7 Å². The van der Waals surface area contributed by atoms with Crippen molar-refractivity contribution in [1.29, 1.82) is 0 Å². The molecule has 1 N–H and O–H groups in total. The van der Waals surface area contributed by atoms with E-state index in [9.17, 15) is 9.59 Å². The standard InChI is InChI=1S/C19H27N3O3/c1-5-22-17-8-7-15(11-16(17)21-14(4)19(22)24)18(23)20-9-6-10-25-12-13(2)3/h7-8,11,13H,5-6,9-10,12H2,1-4H3,(H,20,23). The second kappa shape index (κ2) is 8.76. The molecule has 136 valence electrons. The van der Waals surface area contributed by atoms with Crippen molar-refractivity contribution in [3.63, 3.8) is 0 Å². The molecule has 0 radical (unpaired) electrons. The maximum atomic E-state index is 12.3. The van der Waals surface area contributed by atoms with Gasteiger partial charge < -0.3 is 14.6 Å². The van der Waals surface area contributed by atoms with Crippen molar-refractivity contribution in [3.8, 4) is 0 Å². The number of nitrogens with zero attached hydrogens (tertiary/aromatic N) is 2. The number of nitrogens with one attached hydrogen (secondary N) is 1. The number of carbonyl (C=O) groups is 1. The first-order valence-electron chi connectivity index (χ1n) is 8.81. The van der Waals surface area contributed by atoms with Crippen LogP contribution < -0.4 is 10.9 Å². The smallest absolute Gasteiger partial charge is 0.272 e. The molecule has 0 aliphatic rings. The normalized spacial score (nSPS) is 11.2. The zero-order chi connectivity index (χ0) is 18.4. The molecule has 2 aromatic rings. The molecule has 0 aliphatic heterocycles. The van der Waals surface area contributed by atoms with Gasteiger partial charge in [0.15, 0.2) is 0 Å². The summed E-state index contributed by atoms with van der Waals surface area (Å²) in [7, 11) is 0. The summed E-state index contributed by atoms with van der Waals surface area (Å²) in [6.07, 6.45) is 0.777. The van der Waals surface area contributed by atoms with Gasteiger partial charge in [-0.1, -0.05) is 13.8 Å². The van der Waals surface area contributed by atoms with E-state index in [4.69, 9.17) is 4.74 Å². The summed E-state index contributed by atoms with van der Waals surface area (Å²) in [6.45, 7) is 10.3. The molecule has 1 heterocycles. The van der Waals surface area contributed by atoms with E-state index in [1.165, 1.54) is 0 Å². The molecular weight excluding hydrogens is 318 g/mol. The summed E-state index contributed by atoms with van der Waals surface area (Å²) in [6, 6.07) is 5.25. The van der Waals surface area contributed by atoms with Gasteiger partial charge in [-0.3, -0.25) is 9.59 Å². The quantitative estimate of drug-likeness (QED) is 0.746. The maximum Gasteiger partial charge on any atom is 0.272 e. The van der Waals surface area contributed by atoms with Gasteiger partial charge >= 0.3 is 0 Å². The van der Waals surface area contributed by atoms with Crippen LogP contribution in [0.1, 0.15) is 43.2 Å². The Morgan fingerprint density at radius 1 is 1.36 bits per heavy atom. The van der Waals surface area contributed by atoms with Gasteiger partial charge in [0.05, 0.1) is 11.0 Å². The largest absolute Gasteiger partial charge is 0.381 e. The number of hydrogen-bond donors (Lipinski definition) is 1. The molecule has 0 bridgehead atoms. The summed E-state index contributed by atoms with van der Waals surface area (Å²) in [5, 5.41) is 2.89. The number of ether oxygens (including phenoxy) is 1. The van der Waals surface area contributed by atoms with Crippen LogP contribution >= 0.6 is 0 Å². The highest BCUT2D eigenvalue weighted by molar-refractivity contribution is 5.97. The van der Waals surface area contributed by atoms with Gasteiger partial charge in [0, 0.05) is 31.9 Å². The molecule has 2 rings (SSSR count). The lowest BCUT2D eigenvalue weighted by atomic mass is 10.1. The molecule has 0 fully saturated rings. The molecule has 0 saturated carbocycles. The Kier molecular flexibility index (Phi) is 6.70. The molecule has 6 nitrogen and oxygen atoms in total. The maximum absolute atomic E-state index is 12.3. The van der Waals surface area contributed by atoms with Gasteiger partial charge in [0.2, 0.25) is 0 Å². The predicted molar refractivity (Wildman–Crippen MR) is 99.0 cm³/mol. The summed E-state index contributed by atoms with van der Waals surface area (Å²) >= 11 is 0. The summed E-state index contributed by atoms with van der Waals surface area (Å²) in [5.74, 6) is 0.378. The van der Waals surface area contributed by atoms with Crippen molar-refractivity contribution < 1.29 is 9.53 Å². The number of amides is 1. The van der Waals surface area contributed by atoms with Crippen LogP contribution in [-0.2, 0) is 11.3 Å². The number of hydrogen-bond acceptors (Lipinski definition) is 4. The number of aromatic nitrogens is 2. The Hall–Kier alpha value is -2.21. The first kappa shape index (κ1) is 19.1. The molecule has 1 aromatic heterocycles. The highest BCUT2D eigenvalue weighted by Gasteiger charge is 2.11. The van der Waals surface area contributed by atoms with Crippen molar-refractivity contribution in [1.82, 2.24) is 14.9 Å². The van der Waals surface area contributed by atoms with Crippen LogP contribution in [0.4, 0.5) is 0 Å². The third-order valence-electron chi connectivity index (χ3n) is 3.89.